The molecule has 4 N–H and O–H groups in total. The molecular weight excluding hydrogens is 477 g/mol. The van der Waals surface area contributed by atoms with Crippen LogP contribution in [0.15, 0.2) is 36.4 Å². The van der Waals surface area contributed by atoms with Gasteiger partial charge in [0.2, 0.25) is 5.91 Å². The number of halogens is 2. The number of hydrogen-bond donors (Lipinski definition) is 4. The molecule has 0 radical (unpaired) electrons. The molecule has 1 aromatic heterocycles. The van der Waals surface area contributed by atoms with E-state index in [1.165, 1.54) is 36.1 Å². The van der Waals surface area contributed by atoms with E-state index < -0.39 is 24.2 Å². The molecule has 1 heterocycles. The summed E-state index contributed by atoms with van der Waals surface area (Å²) in [6.07, 6.45) is 3.60. The summed E-state index contributed by atoms with van der Waals surface area (Å²) in [5.74, 6) is -2.14. The first-order valence-electron chi connectivity index (χ1n) is 11.3. The molecule has 1 aliphatic rings. The van der Waals surface area contributed by atoms with Crippen LogP contribution in [0.5, 0.6) is 0 Å². The number of carboxylic acids is 1. The molecule has 1 saturated carbocycles. The summed E-state index contributed by atoms with van der Waals surface area (Å²) >= 11 is 6.16. The SMILES string of the molecule is O=C(O)Cn1nc(C(=O)Nc2ccc(CNC(=O)CNCC3CCC3)c(F)c2Cl)c2ccccc21. The molecule has 3 aromatic rings. The normalized spacial score (nSPS) is 13.4. The van der Waals surface area contributed by atoms with Crippen LogP contribution in [0, 0.1) is 11.7 Å². The number of fused-ring (bicyclic) bond motifs is 1. The molecule has 184 valence electrons. The molecule has 9 nitrogen and oxygen atoms in total. The maximum absolute atomic E-state index is 14.8. The highest BCUT2D eigenvalue weighted by Gasteiger charge is 2.21. The fraction of sp³-hybridized carbons (Fsp3) is 0.333. The van der Waals surface area contributed by atoms with Crippen LogP contribution in [0.3, 0.4) is 0 Å². The molecule has 0 aliphatic heterocycles. The van der Waals surface area contributed by atoms with Gasteiger partial charge in [-0.25, -0.2) is 4.39 Å². The zero-order valence-corrected chi connectivity index (χ0v) is 19.6. The third-order valence-electron chi connectivity index (χ3n) is 5.99. The minimum absolute atomic E-state index is 0.0101. The topological polar surface area (TPSA) is 125 Å². The van der Waals surface area contributed by atoms with Crippen molar-refractivity contribution in [2.24, 2.45) is 5.92 Å². The van der Waals surface area contributed by atoms with Crippen molar-refractivity contribution in [2.75, 3.05) is 18.4 Å². The van der Waals surface area contributed by atoms with Gasteiger partial charge in [-0.1, -0.05) is 42.3 Å². The van der Waals surface area contributed by atoms with Gasteiger partial charge in [0, 0.05) is 17.5 Å². The van der Waals surface area contributed by atoms with Crippen LogP contribution >= 0.6 is 11.6 Å². The number of nitrogens with zero attached hydrogens (tertiary/aromatic N) is 2. The summed E-state index contributed by atoms with van der Waals surface area (Å²) < 4.78 is 16.1. The second-order valence-electron chi connectivity index (χ2n) is 8.48. The summed E-state index contributed by atoms with van der Waals surface area (Å²) in [6, 6.07) is 9.57. The monoisotopic (exact) mass is 501 g/mol. The number of amides is 2. The van der Waals surface area contributed by atoms with Crippen LogP contribution in [-0.2, 0) is 22.7 Å². The van der Waals surface area contributed by atoms with Crippen molar-refractivity contribution >= 4 is 46.0 Å². The average Bonchev–Trinajstić information content (AvgIpc) is 3.16. The molecule has 11 heteroatoms. The Morgan fingerprint density at radius 1 is 1.17 bits per heavy atom. The van der Waals surface area contributed by atoms with Crippen molar-refractivity contribution in [1.29, 1.82) is 0 Å². The van der Waals surface area contributed by atoms with E-state index in [2.05, 4.69) is 21.0 Å². The van der Waals surface area contributed by atoms with Crippen molar-refractivity contribution in [3.8, 4) is 0 Å². The molecule has 35 heavy (non-hydrogen) atoms. The maximum Gasteiger partial charge on any atom is 0.325 e. The lowest BCUT2D eigenvalue weighted by Crippen LogP contribution is -2.37. The molecule has 2 amide bonds. The van der Waals surface area contributed by atoms with Gasteiger partial charge in [0.15, 0.2) is 5.69 Å². The lowest BCUT2D eigenvalue weighted by Gasteiger charge is -2.25. The van der Waals surface area contributed by atoms with Crippen LogP contribution in [0.25, 0.3) is 10.9 Å². The van der Waals surface area contributed by atoms with Crippen molar-refractivity contribution < 1.29 is 23.9 Å². The van der Waals surface area contributed by atoms with Crippen LogP contribution < -0.4 is 16.0 Å². The Kier molecular flexibility index (Phi) is 7.62. The van der Waals surface area contributed by atoms with Crippen LogP contribution in [-0.4, -0.2) is 45.8 Å². The quantitative estimate of drug-likeness (QED) is 0.338. The van der Waals surface area contributed by atoms with E-state index in [1.807, 2.05) is 0 Å². The number of para-hydroxylation sites is 1. The van der Waals surface area contributed by atoms with Gasteiger partial charge in [0.25, 0.3) is 5.91 Å². The standard InChI is InChI=1S/C24H25ClFN5O4/c25-21-17(9-8-15(22(21)26)11-28-19(32)12-27-10-14-4-3-5-14)29-24(35)23-16-6-1-2-7-18(16)31(30-23)13-20(33)34/h1-2,6-9,14,27H,3-5,10-13H2,(H,28,32)(H,29,35)(H,33,34). The van der Waals surface area contributed by atoms with E-state index in [0.717, 1.165) is 6.54 Å². The van der Waals surface area contributed by atoms with E-state index in [-0.39, 0.29) is 41.0 Å². The summed E-state index contributed by atoms with van der Waals surface area (Å²) in [5.41, 5.74) is 0.675. The predicted molar refractivity (Wildman–Crippen MR) is 129 cm³/mol. The minimum atomic E-state index is -1.10. The number of rotatable bonds is 10. The van der Waals surface area contributed by atoms with E-state index in [9.17, 15) is 18.8 Å². The third kappa shape index (κ3) is 5.77. The highest BCUT2D eigenvalue weighted by atomic mass is 35.5. The van der Waals surface area contributed by atoms with Gasteiger partial charge in [-0.3, -0.25) is 19.1 Å². The van der Waals surface area contributed by atoms with Gasteiger partial charge in [0.1, 0.15) is 17.4 Å². The summed E-state index contributed by atoms with van der Waals surface area (Å²) in [6.45, 7) is 0.488. The fourth-order valence-electron chi connectivity index (χ4n) is 3.89. The molecule has 0 spiro atoms. The highest BCUT2D eigenvalue weighted by molar-refractivity contribution is 6.34. The molecule has 2 aromatic carbocycles. The smallest absolute Gasteiger partial charge is 0.325 e. The molecule has 0 unspecified atom stereocenters. The Balaban J connectivity index is 1.41. The molecule has 1 fully saturated rings. The molecule has 0 bridgehead atoms. The molecule has 0 atom stereocenters. The van der Waals surface area contributed by atoms with Gasteiger partial charge in [-0.2, -0.15) is 5.10 Å². The van der Waals surface area contributed by atoms with Gasteiger partial charge in [0.05, 0.1) is 17.7 Å². The Labute approximate surface area is 205 Å². The summed E-state index contributed by atoms with van der Waals surface area (Å²) in [5, 5.41) is 21.7. The maximum atomic E-state index is 14.8. The first-order chi connectivity index (χ1) is 16.8. The van der Waals surface area contributed by atoms with Crippen molar-refractivity contribution in [2.45, 2.75) is 32.4 Å². The number of carbonyl (C=O) groups is 3. The summed E-state index contributed by atoms with van der Waals surface area (Å²) in [4.78, 5) is 36.0. The Bertz CT molecular complexity index is 1270. The van der Waals surface area contributed by atoms with Crippen molar-refractivity contribution in [3.05, 3.63) is 58.5 Å². The predicted octanol–water partition coefficient (Wildman–Crippen LogP) is 3.17. The zero-order chi connectivity index (χ0) is 24.9. The Morgan fingerprint density at radius 3 is 2.66 bits per heavy atom. The zero-order valence-electron chi connectivity index (χ0n) is 18.8. The first-order valence-corrected chi connectivity index (χ1v) is 11.6. The lowest BCUT2D eigenvalue weighted by molar-refractivity contribution is -0.137. The molecule has 4 rings (SSSR count). The average molecular weight is 502 g/mol. The Hall–Kier alpha value is -3.50. The van der Waals surface area contributed by atoms with Crippen LogP contribution in [0.4, 0.5) is 10.1 Å². The van der Waals surface area contributed by atoms with Crippen LogP contribution in [0.2, 0.25) is 5.02 Å². The number of hydrogen-bond acceptors (Lipinski definition) is 5. The largest absolute Gasteiger partial charge is 0.480 e. The molecular formula is C24H25ClFN5O4. The molecule has 0 saturated heterocycles. The number of carboxylic acid groups (broad SMARTS) is 1. The lowest BCUT2D eigenvalue weighted by atomic mass is 9.85. The van der Waals surface area contributed by atoms with Crippen LogP contribution in [0.1, 0.15) is 35.3 Å². The number of benzene rings is 2. The van der Waals surface area contributed by atoms with E-state index in [4.69, 9.17) is 16.7 Å². The van der Waals surface area contributed by atoms with E-state index in [0.29, 0.717) is 16.8 Å². The van der Waals surface area contributed by atoms with Crippen molar-refractivity contribution in [1.82, 2.24) is 20.4 Å². The fourth-order valence-corrected chi connectivity index (χ4v) is 4.12. The third-order valence-corrected chi connectivity index (χ3v) is 6.36. The van der Waals surface area contributed by atoms with Gasteiger partial charge in [-0.15, -0.1) is 0 Å². The van der Waals surface area contributed by atoms with E-state index in [1.54, 1.807) is 24.3 Å². The minimum Gasteiger partial charge on any atom is -0.480 e. The summed E-state index contributed by atoms with van der Waals surface area (Å²) in [7, 11) is 0. The van der Waals surface area contributed by atoms with Gasteiger partial charge >= 0.3 is 5.97 Å². The van der Waals surface area contributed by atoms with Gasteiger partial charge < -0.3 is 21.1 Å². The number of aromatic nitrogens is 2. The first kappa shape index (κ1) is 24.6. The highest BCUT2D eigenvalue weighted by Crippen LogP contribution is 2.29. The Morgan fingerprint density at radius 2 is 1.94 bits per heavy atom. The number of carbonyl (C=O) groups excluding carboxylic acids is 2. The number of nitrogens with one attached hydrogen (secondary N) is 3. The number of anilines is 1. The van der Waals surface area contributed by atoms with Gasteiger partial charge in [-0.05, 0) is 37.4 Å². The number of aliphatic carboxylic acids is 1. The van der Waals surface area contributed by atoms with E-state index >= 15 is 0 Å². The van der Waals surface area contributed by atoms with Crippen molar-refractivity contribution in [3.63, 3.8) is 0 Å². The second-order valence-corrected chi connectivity index (χ2v) is 8.85. The second kappa shape index (κ2) is 10.8. The molecule has 1 aliphatic carbocycles.